The zero-order valence-corrected chi connectivity index (χ0v) is 19.0. The van der Waals surface area contributed by atoms with Crippen molar-refractivity contribution in [3.63, 3.8) is 0 Å². The lowest BCUT2D eigenvalue weighted by Gasteiger charge is -2.34. The minimum Gasteiger partial charge on any atom is -0.346 e. The highest BCUT2D eigenvalue weighted by molar-refractivity contribution is 7.14. The van der Waals surface area contributed by atoms with Crippen molar-refractivity contribution in [2.75, 3.05) is 42.9 Å². The molecule has 1 aromatic heterocycles. The van der Waals surface area contributed by atoms with Crippen LogP contribution in [0.25, 0.3) is 11.3 Å². The highest BCUT2D eigenvalue weighted by Crippen LogP contribution is 2.29. The quantitative estimate of drug-likeness (QED) is 0.422. The lowest BCUT2D eigenvalue weighted by atomic mass is 10.2. The number of hydrogen-bond acceptors (Lipinski definition) is 7. The van der Waals surface area contributed by atoms with Gasteiger partial charge in [-0.3, -0.25) is 19.8 Å². The predicted octanol–water partition coefficient (Wildman–Crippen LogP) is 4.44. The van der Waals surface area contributed by atoms with Crippen LogP contribution < -0.4 is 10.2 Å². The molecule has 1 amide bonds. The summed E-state index contributed by atoms with van der Waals surface area (Å²) in [5, 5.41) is 17.4. The van der Waals surface area contributed by atoms with Gasteiger partial charge < -0.3 is 10.2 Å². The van der Waals surface area contributed by atoms with E-state index in [0.29, 0.717) is 16.3 Å². The van der Waals surface area contributed by atoms with Crippen LogP contribution in [0.3, 0.4) is 0 Å². The maximum atomic E-state index is 12.5. The Labute approximate surface area is 194 Å². The second-order valence-corrected chi connectivity index (χ2v) is 8.86. The summed E-state index contributed by atoms with van der Waals surface area (Å²) in [5.41, 5.74) is 3.24. The Bertz CT molecular complexity index is 1130. The van der Waals surface area contributed by atoms with Crippen LogP contribution in [0, 0.1) is 17.0 Å². The van der Waals surface area contributed by atoms with Gasteiger partial charge in [-0.1, -0.05) is 23.7 Å². The SMILES string of the molecule is Cc1cc([N+](=O)[O-])ccc1NC(=O)CN1CCN(c2nc(-c3ccc(Cl)cc3)cs2)CC1. The number of rotatable bonds is 6. The topological polar surface area (TPSA) is 91.6 Å². The minimum absolute atomic E-state index is 0.0121. The molecule has 4 rings (SSSR count). The zero-order valence-electron chi connectivity index (χ0n) is 17.5. The number of non-ortho nitro benzene ring substituents is 1. The van der Waals surface area contributed by atoms with Crippen LogP contribution in [-0.2, 0) is 4.79 Å². The molecular weight excluding hydrogens is 450 g/mol. The summed E-state index contributed by atoms with van der Waals surface area (Å²) < 4.78 is 0. The number of aromatic nitrogens is 1. The molecule has 0 saturated carbocycles. The van der Waals surface area contributed by atoms with Crippen LogP contribution >= 0.6 is 22.9 Å². The van der Waals surface area contributed by atoms with E-state index < -0.39 is 4.92 Å². The first-order chi connectivity index (χ1) is 15.4. The lowest BCUT2D eigenvalue weighted by molar-refractivity contribution is -0.384. The van der Waals surface area contributed by atoms with Crippen molar-refractivity contribution >= 4 is 45.4 Å². The number of aryl methyl sites for hydroxylation is 1. The zero-order chi connectivity index (χ0) is 22.7. The number of piperazine rings is 1. The highest BCUT2D eigenvalue weighted by Gasteiger charge is 2.21. The molecule has 166 valence electrons. The van der Waals surface area contributed by atoms with E-state index in [-0.39, 0.29) is 18.1 Å². The largest absolute Gasteiger partial charge is 0.346 e. The van der Waals surface area contributed by atoms with E-state index in [4.69, 9.17) is 16.6 Å². The van der Waals surface area contributed by atoms with Crippen molar-refractivity contribution in [2.45, 2.75) is 6.92 Å². The number of amides is 1. The molecular formula is C22H22ClN5O3S. The van der Waals surface area contributed by atoms with Gasteiger partial charge in [-0.2, -0.15) is 0 Å². The van der Waals surface area contributed by atoms with Gasteiger partial charge in [0.1, 0.15) is 0 Å². The van der Waals surface area contributed by atoms with Crippen molar-refractivity contribution in [1.29, 1.82) is 0 Å². The van der Waals surface area contributed by atoms with Crippen LogP contribution in [0.15, 0.2) is 47.8 Å². The second-order valence-electron chi connectivity index (χ2n) is 7.59. The molecule has 1 saturated heterocycles. The molecule has 8 nitrogen and oxygen atoms in total. The smallest absolute Gasteiger partial charge is 0.269 e. The molecule has 2 aromatic carbocycles. The third kappa shape index (κ3) is 5.24. The number of anilines is 2. The van der Waals surface area contributed by atoms with Gasteiger partial charge in [0.25, 0.3) is 5.69 Å². The fourth-order valence-electron chi connectivity index (χ4n) is 3.55. The summed E-state index contributed by atoms with van der Waals surface area (Å²) in [4.78, 5) is 32.0. The molecule has 32 heavy (non-hydrogen) atoms. The molecule has 0 bridgehead atoms. The molecule has 0 atom stereocenters. The molecule has 3 aromatic rings. The Morgan fingerprint density at radius 2 is 1.91 bits per heavy atom. The van der Waals surface area contributed by atoms with Gasteiger partial charge in [0.2, 0.25) is 5.91 Å². The summed E-state index contributed by atoms with van der Waals surface area (Å²) in [7, 11) is 0. The molecule has 0 aliphatic carbocycles. The molecule has 1 aliphatic rings. The van der Waals surface area contributed by atoms with E-state index in [2.05, 4.69) is 15.1 Å². The monoisotopic (exact) mass is 471 g/mol. The first kappa shape index (κ1) is 22.2. The van der Waals surface area contributed by atoms with Gasteiger partial charge in [0.15, 0.2) is 5.13 Å². The number of nitrogens with zero attached hydrogens (tertiary/aromatic N) is 4. The average Bonchev–Trinajstić information content (AvgIpc) is 3.26. The molecule has 2 heterocycles. The molecule has 1 aliphatic heterocycles. The molecule has 1 fully saturated rings. The number of benzene rings is 2. The third-order valence-corrected chi connectivity index (χ3v) is 6.49. The van der Waals surface area contributed by atoms with Gasteiger partial charge in [-0.05, 0) is 30.7 Å². The second kappa shape index (κ2) is 9.64. The lowest BCUT2D eigenvalue weighted by Crippen LogP contribution is -2.48. The van der Waals surface area contributed by atoms with Crippen molar-refractivity contribution in [3.8, 4) is 11.3 Å². The number of nitrogens with one attached hydrogen (secondary N) is 1. The van der Waals surface area contributed by atoms with E-state index >= 15 is 0 Å². The minimum atomic E-state index is -0.445. The number of nitro benzene ring substituents is 1. The fourth-order valence-corrected chi connectivity index (χ4v) is 4.57. The van der Waals surface area contributed by atoms with Crippen molar-refractivity contribution < 1.29 is 9.72 Å². The molecule has 0 unspecified atom stereocenters. The molecule has 0 radical (unpaired) electrons. The first-order valence-corrected chi connectivity index (χ1v) is 11.4. The molecule has 0 spiro atoms. The number of nitro groups is 1. The Balaban J connectivity index is 1.29. The summed E-state index contributed by atoms with van der Waals surface area (Å²) in [6, 6.07) is 12.1. The van der Waals surface area contributed by atoms with Gasteiger partial charge in [0.05, 0.1) is 17.2 Å². The standard InChI is InChI=1S/C22H22ClN5O3S/c1-15-12-18(28(30)31)6-7-19(15)24-21(29)13-26-8-10-27(11-9-26)22-25-20(14-32-22)16-2-4-17(23)5-3-16/h2-7,12,14H,8-11,13H2,1H3,(H,24,29). The van der Waals surface area contributed by atoms with Crippen molar-refractivity contribution in [3.05, 3.63) is 68.5 Å². The van der Waals surface area contributed by atoms with Crippen LogP contribution in [0.1, 0.15) is 5.56 Å². The van der Waals surface area contributed by atoms with Gasteiger partial charge in [0, 0.05) is 60.0 Å². The van der Waals surface area contributed by atoms with Crippen LogP contribution in [-0.4, -0.2) is 53.4 Å². The maximum Gasteiger partial charge on any atom is 0.269 e. The third-order valence-electron chi connectivity index (χ3n) is 5.34. The van der Waals surface area contributed by atoms with Crippen molar-refractivity contribution in [2.24, 2.45) is 0 Å². The van der Waals surface area contributed by atoms with Gasteiger partial charge >= 0.3 is 0 Å². The number of carbonyl (C=O) groups excluding carboxylic acids is 1. The van der Waals surface area contributed by atoms with E-state index in [0.717, 1.165) is 42.6 Å². The number of carbonyl (C=O) groups is 1. The van der Waals surface area contributed by atoms with E-state index in [1.165, 1.54) is 12.1 Å². The summed E-state index contributed by atoms with van der Waals surface area (Å²) in [6.07, 6.45) is 0. The Kier molecular flexibility index (Phi) is 6.69. The first-order valence-electron chi connectivity index (χ1n) is 10.1. The highest BCUT2D eigenvalue weighted by atomic mass is 35.5. The molecule has 1 N–H and O–H groups in total. The van der Waals surface area contributed by atoms with Crippen LogP contribution in [0.2, 0.25) is 5.02 Å². The van der Waals surface area contributed by atoms with E-state index in [1.807, 2.05) is 29.6 Å². The summed E-state index contributed by atoms with van der Waals surface area (Å²) in [5.74, 6) is -0.130. The van der Waals surface area contributed by atoms with Gasteiger partial charge in [-0.25, -0.2) is 4.98 Å². The van der Waals surface area contributed by atoms with E-state index in [9.17, 15) is 14.9 Å². The Morgan fingerprint density at radius 3 is 2.56 bits per heavy atom. The predicted molar refractivity (Wildman–Crippen MR) is 128 cm³/mol. The van der Waals surface area contributed by atoms with Gasteiger partial charge in [-0.15, -0.1) is 11.3 Å². The number of halogens is 1. The number of thiazole rings is 1. The van der Waals surface area contributed by atoms with Crippen LogP contribution in [0.4, 0.5) is 16.5 Å². The van der Waals surface area contributed by atoms with E-state index in [1.54, 1.807) is 24.3 Å². The Morgan fingerprint density at radius 1 is 1.19 bits per heavy atom. The average molecular weight is 472 g/mol. The Hall–Kier alpha value is -3.01. The summed E-state index contributed by atoms with van der Waals surface area (Å²) >= 11 is 7.58. The van der Waals surface area contributed by atoms with Crippen LogP contribution in [0.5, 0.6) is 0 Å². The number of hydrogen-bond donors (Lipinski definition) is 1. The summed E-state index contributed by atoms with van der Waals surface area (Å²) in [6.45, 7) is 5.10. The maximum absolute atomic E-state index is 12.5. The fraction of sp³-hybridized carbons (Fsp3) is 0.273. The molecule has 10 heteroatoms. The van der Waals surface area contributed by atoms with Crippen molar-refractivity contribution in [1.82, 2.24) is 9.88 Å². The normalized spacial score (nSPS) is 14.4.